The van der Waals surface area contributed by atoms with Gasteiger partial charge in [0.05, 0.1) is 12.2 Å². The average molecular weight is 437 g/mol. The van der Waals surface area contributed by atoms with E-state index < -0.39 is 0 Å². The first-order valence-electron chi connectivity index (χ1n) is 9.83. The second-order valence-corrected chi connectivity index (χ2v) is 7.58. The fourth-order valence-electron chi connectivity index (χ4n) is 3.32. The Morgan fingerprint density at radius 1 is 1.13 bits per heavy atom. The lowest BCUT2D eigenvalue weighted by molar-refractivity contribution is -0.121. The zero-order chi connectivity index (χ0) is 21.8. The third-order valence-corrected chi connectivity index (χ3v) is 5.06. The molecule has 1 aliphatic heterocycles. The van der Waals surface area contributed by atoms with Crippen molar-refractivity contribution in [3.63, 3.8) is 0 Å². The maximum atomic E-state index is 12.5. The minimum absolute atomic E-state index is 0.0663. The molecule has 0 atom stereocenters. The summed E-state index contributed by atoms with van der Waals surface area (Å²) in [6.07, 6.45) is 0. The van der Waals surface area contributed by atoms with Gasteiger partial charge < -0.3 is 19.7 Å². The van der Waals surface area contributed by atoms with Gasteiger partial charge in [0.25, 0.3) is 11.8 Å². The largest absolute Gasteiger partial charge is 0.492 e. The number of amides is 2. The number of hydrogen-bond acceptors (Lipinski definition) is 4. The van der Waals surface area contributed by atoms with E-state index in [0.29, 0.717) is 40.9 Å². The molecule has 0 aromatic heterocycles. The molecule has 1 heterocycles. The molecule has 31 heavy (non-hydrogen) atoms. The second kappa shape index (κ2) is 9.10. The number of fused-ring (bicyclic) bond motifs is 1. The molecule has 0 fully saturated rings. The zero-order valence-corrected chi connectivity index (χ0v) is 17.7. The summed E-state index contributed by atoms with van der Waals surface area (Å²) < 4.78 is 11.4. The summed E-state index contributed by atoms with van der Waals surface area (Å²) in [7, 11) is 0. The van der Waals surface area contributed by atoms with Gasteiger partial charge in [0.2, 0.25) is 0 Å². The van der Waals surface area contributed by atoms with Gasteiger partial charge in [0, 0.05) is 22.3 Å². The summed E-state index contributed by atoms with van der Waals surface area (Å²) >= 11 is 5.96. The first kappa shape index (κ1) is 20.8. The minimum Gasteiger partial charge on any atom is -0.492 e. The molecular formula is C24H21ClN2O4. The molecule has 0 spiro atoms. The number of anilines is 2. The van der Waals surface area contributed by atoms with Crippen molar-refractivity contribution < 1.29 is 19.1 Å². The van der Waals surface area contributed by atoms with Gasteiger partial charge in [-0.1, -0.05) is 29.8 Å². The maximum absolute atomic E-state index is 12.5. The highest BCUT2D eigenvalue weighted by Crippen LogP contribution is 2.34. The van der Waals surface area contributed by atoms with Crippen LogP contribution in [0, 0.1) is 6.92 Å². The standard InChI is InChI=1S/C24H21ClN2O4/c1-16-4-2-7-20(12-16)30-11-10-27-21-9-8-19(14-22(21)31-15-23(27)28)26-24(29)17-5-3-6-18(25)13-17/h2-9,12-14H,10-11,15H2,1H3,(H,26,29). The van der Waals surface area contributed by atoms with E-state index in [1.807, 2.05) is 31.2 Å². The molecule has 0 saturated carbocycles. The van der Waals surface area contributed by atoms with Crippen LogP contribution in [0.25, 0.3) is 0 Å². The van der Waals surface area contributed by atoms with Gasteiger partial charge >= 0.3 is 0 Å². The van der Waals surface area contributed by atoms with Gasteiger partial charge in [-0.25, -0.2) is 0 Å². The molecule has 0 radical (unpaired) electrons. The summed E-state index contributed by atoms with van der Waals surface area (Å²) in [5, 5.41) is 3.32. The van der Waals surface area contributed by atoms with Crippen LogP contribution in [0.3, 0.4) is 0 Å². The van der Waals surface area contributed by atoms with Crippen molar-refractivity contribution in [2.75, 3.05) is 30.0 Å². The van der Waals surface area contributed by atoms with Crippen LogP contribution >= 0.6 is 11.6 Å². The number of rotatable bonds is 6. The molecule has 1 aliphatic rings. The molecule has 0 aliphatic carbocycles. The molecule has 2 amide bonds. The molecule has 158 valence electrons. The predicted molar refractivity (Wildman–Crippen MR) is 120 cm³/mol. The van der Waals surface area contributed by atoms with Crippen molar-refractivity contribution in [2.24, 2.45) is 0 Å². The molecule has 0 saturated heterocycles. The predicted octanol–water partition coefficient (Wildman–Crippen LogP) is 4.71. The number of halogens is 1. The summed E-state index contributed by atoms with van der Waals surface area (Å²) in [5.74, 6) is 0.868. The SMILES string of the molecule is Cc1cccc(OCCN2C(=O)COc3cc(NC(=O)c4cccc(Cl)c4)ccc32)c1. The topological polar surface area (TPSA) is 67.9 Å². The summed E-state index contributed by atoms with van der Waals surface area (Å²) in [4.78, 5) is 26.5. The number of nitrogens with zero attached hydrogens (tertiary/aromatic N) is 1. The third kappa shape index (κ3) is 4.98. The second-order valence-electron chi connectivity index (χ2n) is 7.15. The van der Waals surface area contributed by atoms with Crippen molar-refractivity contribution in [3.8, 4) is 11.5 Å². The zero-order valence-electron chi connectivity index (χ0n) is 16.9. The molecule has 0 bridgehead atoms. The van der Waals surface area contributed by atoms with Gasteiger partial charge in [0.1, 0.15) is 18.1 Å². The molecule has 6 nitrogen and oxygen atoms in total. The van der Waals surface area contributed by atoms with Crippen LogP contribution in [0.4, 0.5) is 11.4 Å². The van der Waals surface area contributed by atoms with E-state index in [1.165, 1.54) is 0 Å². The van der Waals surface area contributed by atoms with E-state index >= 15 is 0 Å². The van der Waals surface area contributed by atoms with E-state index in [2.05, 4.69) is 5.32 Å². The Morgan fingerprint density at radius 2 is 1.97 bits per heavy atom. The first-order valence-corrected chi connectivity index (χ1v) is 10.2. The van der Waals surface area contributed by atoms with Crippen molar-refractivity contribution in [3.05, 3.63) is 82.9 Å². The Morgan fingerprint density at radius 3 is 2.77 bits per heavy atom. The van der Waals surface area contributed by atoms with Crippen molar-refractivity contribution in [1.82, 2.24) is 0 Å². The van der Waals surface area contributed by atoms with Crippen molar-refractivity contribution >= 4 is 34.8 Å². The number of aryl methyl sites for hydroxylation is 1. The number of ether oxygens (including phenoxy) is 2. The smallest absolute Gasteiger partial charge is 0.265 e. The Labute approximate surface area is 185 Å². The molecule has 4 rings (SSSR count). The lowest BCUT2D eigenvalue weighted by Crippen LogP contribution is -2.41. The summed E-state index contributed by atoms with van der Waals surface area (Å²) in [6.45, 7) is 2.67. The van der Waals surface area contributed by atoms with Gasteiger partial charge in [-0.05, 0) is 55.0 Å². The monoisotopic (exact) mass is 436 g/mol. The number of hydrogen-bond donors (Lipinski definition) is 1. The Kier molecular flexibility index (Phi) is 6.09. The van der Waals surface area contributed by atoms with Crippen molar-refractivity contribution in [1.29, 1.82) is 0 Å². The molecule has 0 unspecified atom stereocenters. The molecule has 3 aromatic rings. The fourth-order valence-corrected chi connectivity index (χ4v) is 3.51. The lowest BCUT2D eigenvalue weighted by atomic mass is 10.2. The number of carbonyl (C=O) groups is 2. The van der Waals surface area contributed by atoms with Gasteiger partial charge in [-0.3, -0.25) is 9.59 Å². The molecular weight excluding hydrogens is 416 g/mol. The van der Waals surface area contributed by atoms with Crippen LogP contribution < -0.4 is 19.7 Å². The normalized spacial score (nSPS) is 12.7. The third-order valence-electron chi connectivity index (χ3n) is 4.82. The molecule has 7 heteroatoms. The molecule has 3 aromatic carbocycles. The fraction of sp³-hybridized carbons (Fsp3) is 0.167. The van der Waals surface area contributed by atoms with Crippen LogP contribution in [-0.2, 0) is 4.79 Å². The lowest BCUT2D eigenvalue weighted by Gasteiger charge is -2.29. The number of nitrogens with one attached hydrogen (secondary N) is 1. The van der Waals surface area contributed by atoms with Crippen LogP contribution in [0.2, 0.25) is 5.02 Å². The summed E-state index contributed by atoms with van der Waals surface area (Å²) in [6, 6.07) is 19.7. The number of carbonyl (C=O) groups excluding carboxylic acids is 2. The van der Waals surface area contributed by atoms with E-state index in [9.17, 15) is 9.59 Å². The van der Waals surface area contributed by atoms with Crippen LogP contribution in [-0.4, -0.2) is 31.6 Å². The van der Waals surface area contributed by atoms with Crippen LogP contribution in [0.5, 0.6) is 11.5 Å². The minimum atomic E-state index is -0.280. The Balaban J connectivity index is 1.44. The van der Waals surface area contributed by atoms with Crippen LogP contribution in [0.15, 0.2) is 66.7 Å². The van der Waals surface area contributed by atoms with Gasteiger partial charge in [-0.2, -0.15) is 0 Å². The van der Waals surface area contributed by atoms with E-state index in [-0.39, 0.29) is 18.4 Å². The average Bonchev–Trinajstić information content (AvgIpc) is 2.75. The number of benzene rings is 3. The van der Waals surface area contributed by atoms with E-state index in [1.54, 1.807) is 47.4 Å². The van der Waals surface area contributed by atoms with Crippen molar-refractivity contribution in [2.45, 2.75) is 6.92 Å². The maximum Gasteiger partial charge on any atom is 0.265 e. The first-order chi connectivity index (χ1) is 15.0. The molecule has 1 N–H and O–H groups in total. The summed E-state index contributed by atoms with van der Waals surface area (Å²) in [5.41, 5.74) is 2.77. The van der Waals surface area contributed by atoms with E-state index in [4.69, 9.17) is 21.1 Å². The van der Waals surface area contributed by atoms with Gasteiger partial charge in [0.15, 0.2) is 6.61 Å². The quantitative estimate of drug-likeness (QED) is 0.608. The highest BCUT2D eigenvalue weighted by Gasteiger charge is 2.26. The highest BCUT2D eigenvalue weighted by atomic mass is 35.5. The van der Waals surface area contributed by atoms with Gasteiger partial charge in [-0.15, -0.1) is 0 Å². The Bertz CT molecular complexity index is 1130. The van der Waals surface area contributed by atoms with E-state index in [0.717, 1.165) is 11.3 Å². The van der Waals surface area contributed by atoms with Crippen LogP contribution in [0.1, 0.15) is 15.9 Å². The highest BCUT2D eigenvalue weighted by molar-refractivity contribution is 6.31. The Hall–Kier alpha value is -3.51.